The molecule has 4 aromatic heterocycles. The maximum absolute atomic E-state index is 15.2. The van der Waals surface area contributed by atoms with Gasteiger partial charge in [-0.1, -0.05) is 32.9 Å². The van der Waals surface area contributed by atoms with Crippen LogP contribution in [0.5, 0.6) is 0 Å². The number of nitro groups is 1. The summed E-state index contributed by atoms with van der Waals surface area (Å²) in [5.74, 6) is -2.23. The predicted octanol–water partition coefficient (Wildman–Crippen LogP) is 5.84. The topological polar surface area (TPSA) is 290 Å². The smallest absolute Gasteiger partial charge is 0.414 e. The van der Waals surface area contributed by atoms with Crippen LogP contribution in [0.25, 0.3) is 22.3 Å². The number of oxime groups is 2. The second kappa shape index (κ2) is 21.2. The van der Waals surface area contributed by atoms with Crippen LogP contribution in [0.1, 0.15) is 40.2 Å². The Labute approximate surface area is 422 Å². The van der Waals surface area contributed by atoms with E-state index >= 15 is 4.39 Å². The second-order valence-corrected chi connectivity index (χ2v) is 17.4. The van der Waals surface area contributed by atoms with Gasteiger partial charge in [-0.3, -0.25) is 29.9 Å². The first-order valence-electron chi connectivity index (χ1n) is 23.1. The van der Waals surface area contributed by atoms with Gasteiger partial charge in [-0.2, -0.15) is 0 Å². The lowest BCUT2D eigenvalue weighted by Crippen LogP contribution is -2.26. The number of aromatic nitrogens is 8. The number of cyclic esters (lactones) is 2. The summed E-state index contributed by atoms with van der Waals surface area (Å²) in [6.45, 7) is 1.10. The lowest BCUT2D eigenvalue weighted by molar-refractivity contribution is -0.384. The molecule has 4 aliphatic heterocycles. The number of nitrogens with zero attached hydrogens (tertiary/aromatic N) is 13. The molecule has 2 amide bonds. The number of halogens is 2. The molecule has 24 nitrogen and oxygen atoms in total. The Bertz CT molecular complexity index is 3330. The Morgan fingerprint density at radius 2 is 1.21 bits per heavy atom. The van der Waals surface area contributed by atoms with Crippen molar-refractivity contribution in [1.82, 2.24) is 40.0 Å². The highest BCUT2D eigenvalue weighted by atomic mass is 19.1. The molecule has 3 aromatic carbocycles. The highest BCUT2D eigenvalue weighted by molar-refractivity contribution is 6.00. The molecular formula is C49H41F2N13O11. The van der Waals surface area contributed by atoms with Gasteiger partial charge < -0.3 is 29.4 Å². The van der Waals surface area contributed by atoms with Crippen LogP contribution in [0, 0.1) is 21.7 Å². The van der Waals surface area contributed by atoms with Gasteiger partial charge in [-0.25, -0.2) is 32.5 Å². The Kier molecular flexibility index (Phi) is 13.9. The summed E-state index contributed by atoms with van der Waals surface area (Å²) in [6.07, 6.45) is 7.44. The SMILES string of the molecule is O=C(O)c1ccc([N+](=O)[O-])cc1CC1CC(c2ccc(-c3ccc(N4C[C@H](Cn5ccnn5)OC4=O)cc3F)cn2)=NO1.O=C1O[C@@H](Cn2ccnn2)CN1c1ccc(-c2ccc(C3=NOC(CO)C3)nc2)c(F)c1. The zero-order chi connectivity index (χ0) is 52.2. The summed E-state index contributed by atoms with van der Waals surface area (Å²) >= 11 is 0. The number of carbonyl (C=O) groups is 3. The third kappa shape index (κ3) is 10.9. The zero-order valence-corrected chi connectivity index (χ0v) is 39.1. The summed E-state index contributed by atoms with van der Waals surface area (Å²) in [7, 11) is 0. The van der Waals surface area contributed by atoms with Crippen molar-refractivity contribution in [2.75, 3.05) is 29.5 Å². The average molecular weight is 1030 g/mol. The van der Waals surface area contributed by atoms with Crippen LogP contribution in [-0.2, 0) is 38.7 Å². The van der Waals surface area contributed by atoms with E-state index in [4.69, 9.17) is 24.3 Å². The highest BCUT2D eigenvalue weighted by Gasteiger charge is 2.35. The Morgan fingerprint density at radius 3 is 1.64 bits per heavy atom. The van der Waals surface area contributed by atoms with Crippen LogP contribution in [0.2, 0.25) is 0 Å². The van der Waals surface area contributed by atoms with E-state index in [2.05, 4.69) is 40.9 Å². The number of carboxylic acids is 1. The van der Waals surface area contributed by atoms with Gasteiger partial charge in [0.15, 0.2) is 6.10 Å². The molecule has 7 aromatic rings. The number of aliphatic hydroxyl groups is 1. The molecule has 2 fully saturated rings. The van der Waals surface area contributed by atoms with Gasteiger partial charge in [-0.05, 0) is 60.2 Å². The van der Waals surface area contributed by atoms with Crippen molar-refractivity contribution in [1.29, 1.82) is 0 Å². The molecule has 2 N–H and O–H groups in total. The number of ether oxygens (including phenoxy) is 2. The van der Waals surface area contributed by atoms with Crippen molar-refractivity contribution in [2.45, 2.75) is 56.8 Å². The van der Waals surface area contributed by atoms with E-state index in [1.165, 1.54) is 46.5 Å². The maximum Gasteiger partial charge on any atom is 0.414 e. The number of nitro benzene ring substituents is 1. The molecule has 2 saturated heterocycles. The molecular weight excluding hydrogens is 985 g/mol. The van der Waals surface area contributed by atoms with Crippen molar-refractivity contribution in [3.8, 4) is 22.3 Å². The van der Waals surface area contributed by atoms with Crippen molar-refractivity contribution in [3.63, 3.8) is 0 Å². The minimum absolute atomic E-state index is 0.0496. The molecule has 4 aliphatic rings. The Morgan fingerprint density at radius 1 is 0.693 bits per heavy atom. The van der Waals surface area contributed by atoms with Crippen molar-refractivity contribution < 1.29 is 57.4 Å². The van der Waals surface area contributed by atoms with Crippen molar-refractivity contribution >= 4 is 46.6 Å². The van der Waals surface area contributed by atoms with E-state index in [0.717, 1.165) is 6.07 Å². The number of carbonyl (C=O) groups excluding carboxylic acids is 2. The van der Waals surface area contributed by atoms with Crippen LogP contribution in [-0.4, -0.2) is 129 Å². The van der Waals surface area contributed by atoms with Gasteiger partial charge in [0.2, 0.25) is 0 Å². The first-order valence-corrected chi connectivity index (χ1v) is 23.1. The molecule has 0 bridgehead atoms. The number of hydrogen-bond donors (Lipinski definition) is 2. The first-order chi connectivity index (χ1) is 36.3. The summed E-state index contributed by atoms with van der Waals surface area (Å²) in [6, 6.07) is 19.4. The average Bonchev–Trinajstić information content (AvgIpc) is 4.29. The van der Waals surface area contributed by atoms with E-state index in [-0.39, 0.29) is 54.6 Å². The monoisotopic (exact) mass is 1030 g/mol. The molecule has 382 valence electrons. The van der Waals surface area contributed by atoms with E-state index in [0.29, 0.717) is 76.8 Å². The summed E-state index contributed by atoms with van der Waals surface area (Å²) in [5.41, 5.74) is 4.73. The van der Waals surface area contributed by atoms with Gasteiger partial charge in [-0.15, -0.1) is 10.2 Å². The quantitative estimate of drug-likeness (QED) is 0.0901. The number of non-ortho nitro benzene ring substituents is 1. The van der Waals surface area contributed by atoms with Gasteiger partial charge >= 0.3 is 18.2 Å². The van der Waals surface area contributed by atoms with Crippen molar-refractivity contribution in [2.24, 2.45) is 10.3 Å². The van der Waals surface area contributed by atoms with Crippen LogP contribution < -0.4 is 9.80 Å². The van der Waals surface area contributed by atoms with E-state index < -0.39 is 53.0 Å². The normalized spacial score (nSPS) is 18.9. The van der Waals surface area contributed by atoms with E-state index in [1.54, 1.807) is 82.7 Å². The minimum atomic E-state index is -1.20. The number of carboxylic acid groups (broad SMARTS) is 1. The first kappa shape index (κ1) is 49.0. The largest absolute Gasteiger partial charge is 0.478 e. The number of aromatic carboxylic acids is 1. The number of anilines is 2. The number of benzene rings is 3. The number of rotatable bonds is 15. The standard InChI is InChI=1S/C28H22FN7O7.C21H19FN6O4/c29-24-11-18(35-15-21(42-28(35)39)14-34-8-7-31-33-34)2-4-22(24)16-1-6-25(30-13-16)26-12-20(43-32-26)10-17-9-19(36(40)41)3-5-23(17)27(37)38;22-18-7-14(28-11-16(31-21(28)30)10-27-6-5-24-26-27)2-3-17(18)13-1-4-19(23-9-13)20-8-15(12-29)32-25-20/h1-9,11,13,20-21H,10,12,14-15H2,(H,37,38);1-7,9,15-16,29H,8,10-12H2/t20?,21-;15?,16-/m00/s1. The molecule has 0 saturated carbocycles. The number of amides is 2. The predicted molar refractivity (Wildman–Crippen MR) is 257 cm³/mol. The molecule has 26 heteroatoms. The second-order valence-electron chi connectivity index (χ2n) is 17.4. The fourth-order valence-electron chi connectivity index (χ4n) is 8.68. The Hall–Kier alpha value is -9.59. The molecule has 75 heavy (non-hydrogen) atoms. The molecule has 0 radical (unpaired) electrons. The minimum Gasteiger partial charge on any atom is -0.478 e. The summed E-state index contributed by atoms with van der Waals surface area (Å²) in [5, 5.41) is 53.0. The van der Waals surface area contributed by atoms with E-state index in [9.17, 15) is 34.0 Å². The van der Waals surface area contributed by atoms with Crippen LogP contribution in [0.3, 0.4) is 0 Å². The molecule has 0 aliphatic carbocycles. The van der Waals surface area contributed by atoms with Gasteiger partial charge in [0.05, 0.1) is 78.4 Å². The lowest BCUT2D eigenvalue weighted by Gasteiger charge is -2.14. The molecule has 4 atom stereocenters. The lowest BCUT2D eigenvalue weighted by atomic mass is 9.97. The maximum atomic E-state index is 15.2. The van der Waals surface area contributed by atoms with Crippen LogP contribution in [0.15, 0.2) is 126 Å². The van der Waals surface area contributed by atoms with Crippen molar-refractivity contribution in [3.05, 3.63) is 160 Å². The fraction of sp³-hybridized carbons (Fsp3) is 0.245. The zero-order valence-electron chi connectivity index (χ0n) is 39.1. The Balaban J connectivity index is 0.000000178. The highest BCUT2D eigenvalue weighted by Crippen LogP contribution is 2.32. The van der Waals surface area contributed by atoms with Gasteiger partial charge in [0.1, 0.15) is 41.4 Å². The van der Waals surface area contributed by atoms with Crippen LogP contribution in [0.4, 0.5) is 35.4 Å². The molecule has 2 unspecified atom stereocenters. The molecule has 11 rings (SSSR count). The third-order valence-electron chi connectivity index (χ3n) is 12.4. The third-order valence-corrected chi connectivity index (χ3v) is 12.4. The van der Waals surface area contributed by atoms with Crippen LogP contribution >= 0.6 is 0 Å². The van der Waals surface area contributed by atoms with Gasteiger partial charge in [0.25, 0.3) is 5.69 Å². The molecule has 0 spiro atoms. The summed E-state index contributed by atoms with van der Waals surface area (Å²) in [4.78, 5) is 68.9. The number of aliphatic hydroxyl groups excluding tert-OH is 1. The van der Waals surface area contributed by atoms with E-state index in [1.807, 2.05) is 0 Å². The fourth-order valence-corrected chi connectivity index (χ4v) is 8.68. The summed E-state index contributed by atoms with van der Waals surface area (Å²) < 4.78 is 44.0. The number of pyridine rings is 2. The van der Waals surface area contributed by atoms with Gasteiger partial charge in [0, 0.05) is 78.4 Å². The molecule has 8 heterocycles. The number of hydrogen-bond acceptors (Lipinski definition) is 18.